The quantitative estimate of drug-likeness (QED) is 0.712. The van der Waals surface area contributed by atoms with Crippen LogP contribution < -0.4 is 0 Å². The highest BCUT2D eigenvalue weighted by atomic mass is 79.9. The number of rotatable bonds is 1. The number of carbonyl (C=O) groups excluding carboxylic acids is 1. The molecule has 1 atom stereocenters. The smallest absolute Gasteiger partial charge is 0.258 e. The summed E-state index contributed by atoms with van der Waals surface area (Å²) in [4.78, 5) is 14.1. The molecule has 1 aliphatic rings. The second-order valence-electron chi connectivity index (χ2n) is 3.73. The molecule has 0 spiro atoms. The van der Waals surface area contributed by atoms with Gasteiger partial charge in [-0.25, -0.2) is 4.39 Å². The number of nitrogens with zero attached hydrogens (tertiary/aromatic N) is 1. The molecule has 0 aromatic heterocycles. The van der Waals surface area contributed by atoms with E-state index in [1.54, 1.807) is 17.0 Å². The fraction of sp³-hybridized carbons (Fsp3) is 0.364. The van der Waals surface area contributed by atoms with Crippen LogP contribution in [-0.4, -0.2) is 28.7 Å². The summed E-state index contributed by atoms with van der Waals surface area (Å²) >= 11 is 6.67. The Hall–Kier alpha value is -0.420. The Labute approximate surface area is 110 Å². The third-order valence-electron chi connectivity index (χ3n) is 2.59. The number of carbonyl (C=O) groups is 1. The summed E-state index contributed by atoms with van der Waals surface area (Å²) in [6.45, 7) is 1.31. The molecule has 1 fully saturated rings. The van der Waals surface area contributed by atoms with Crippen molar-refractivity contribution in [1.82, 2.24) is 4.90 Å². The Bertz CT molecular complexity index is 404. The summed E-state index contributed by atoms with van der Waals surface area (Å²) in [6, 6.07) is 4.56. The van der Waals surface area contributed by atoms with E-state index in [0.717, 1.165) is 6.42 Å². The Morgan fingerprint density at radius 1 is 1.50 bits per heavy atom. The Morgan fingerprint density at radius 2 is 2.25 bits per heavy atom. The minimum absolute atomic E-state index is 0.129. The van der Waals surface area contributed by atoms with Crippen LogP contribution in [0.15, 0.2) is 22.7 Å². The monoisotopic (exact) mass is 349 g/mol. The van der Waals surface area contributed by atoms with E-state index in [9.17, 15) is 9.18 Å². The SMILES string of the molecule is O=C(c1c(F)cccc1Br)N1CCC(Br)C1. The number of amides is 1. The molecule has 1 unspecified atom stereocenters. The molecule has 0 saturated carbocycles. The summed E-state index contributed by atoms with van der Waals surface area (Å²) < 4.78 is 14.1. The summed E-state index contributed by atoms with van der Waals surface area (Å²) in [5, 5.41) is 0. The van der Waals surface area contributed by atoms with Crippen molar-refractivity contribution >= 4 is 37.8 Å². The van der Waals surface area contributed by atoms with E-state index in [1.807, 2.05) is 0 Å². The van der Waals surface area contributed by atoms with Crippen LogP contribution in [0.5, 0.6) is 0 Å². The van der Waals surface area contributed by atoms with E-state index >= 15 is 0 Å². The first-order chi connectivity index (χ1) is 7.59. The van der Waals surface area contributed by atoms with Crippen LogP contribution >= 0.6 is 31.9 Å². The lowest BCUT2D eigenvalue weighted by atomic mass is 10.2. The fourth-order valence-electron chi connectivity index (χ4n) is 1.76. The van der Waals surface area contributed by atoms with Crippen LogP contribution in [0, 0.1) is 5.82 Å². The molecular weight excluding hydrogens is 341 g/mol. The molecule has 16 heavy (non-hydrogen) atoms. The molecule has 86 valence electrons. The van der Waals surface area contributed by atoms with Crippen molar-refractivity contribution in [3.8, 4) is 0 Å². The highest BCUT2D eigenvalue weighted by molar-refractivity contribution is 9.10. The van der Waals surface area contributed by atoms with Gasteiger partial charge in [0.25, 0.3) is 5.91 Å². The number of alkyl halides is 1. The van der Waals surface area contributed by atoms with E-state index in [4.69, 9.17) is 0 Å². The van der Waals surface area contributed by atoms with Gasteiger partial charge in [-0.1, -0.05) is 22.0 Å². The molecule has 1 aliphatic heterocycles. The molecule has 2 rings (SSSR count). The lowest BCUT2D eigenvalue weighted by Gasteiger charge is -2.16. The molecule has 1 aromatic carbocycles. The molecule has 2 nitrogen and oxygen atoms in total. The van der Waals surface area contributed by atoms with Gasteiger partial charge in [-0.05, 0) is 34.5 Å². The van der Waals surface area contributed by atoms with Crippen molar-refractivity contribution in [3.05, 3.63) is 34.1 Å². The van der Waals surface area contributed by atoms with Gasteiger partial charge in [0.05, 0.1) is 5.56 Å². The Kier molecular flexibility index (Phi) is 3.64. The molecule has 1 heterocycles. The summed E-state index contributed by atoms with van der Waals surface area (Å²) in [7, 11) is 0. The Balaban J connectivity index is 2.27. The van der Waals surface area contributed by atoms with Crippen molar-refractivity contribution in [2.24, 2.45) is 0 Å². The molecule has 0 bridgehead atoms. The lowest BCUT2D eigenvalue weighted by Crippen LogP contribution is -2.29. The molecule has 0 aliphatic carbocycles. The predicted molar refractivity (Wildman–Crippen MR) is 67.3 cm³/mol. The molecule has 1 aromatic rings. The van der Waals surface area contributed by atoms with Crippen molar-refractivity contribution < 1.29 is 9.18 Å². The topological polar surface area (TPSA) is 20.3 Å². The highest BCUT2D eigenvalue weighted by Crippen LogP contribution is 2.24. The van der Waals surface area contributed by atoms with Crippen LogP contribution in [0.3, 0.4) is 0 Å². The first-order valence-corrected chi connectivity index (χ1v) is 6.68. The maximum atomic E-state index is 13.6. The largest absolute Gasteiger partial charge is 0.337 e. The second-order valence-corrected chi connectivity index (χ2v) is 5.88. The van der Waals surface area contributed by atoms with Crippen LogP contribution in [0.2, 0.25) is 0 Å². The van der Waals surface area contributed by atoms with Gasteiger partial charge in [-0.2, -0.15) is 0 Å². The highest BCUT2D eigenvalue weighted by Gasteiger charge is 2.27. The van der Waals surface area contributed by atoms with Gasteiger partial charge in [-0.15, -0.1) is 0 Å². The molecule has 0 radical (unpaired) electrons. The predicted octanol–water partition coefficient (Wildman–Crippen LogP) is 3.20. The minimum atomic E-state index is -0.475. The number of halogens is 3. The van der Waals surface area contributed by atoms with Crippen LogP contribution in [0.1, 0.15) is 16.8 Å². The second kappa shape index (κ2) is 4.84. The first kappa shape index (κ1) is 12.0. The molecular formula is C11H10Br2FNO. The number of likely N-dealkylation sites (tertiary alicyclic amines) is 1. The van der Waals surface area contributed by atoms with E-state index in [1.165, 1.54) is 6.07 Å². The van der Waals surface area contributed by atoms with Gasteiger partial charge in [0.15, 0.2) is 0 Å². The van der Waals surface area contributed by atoms with E-state index in [2.05, 4.69) is 31.9 Å². The van der Waals surface area contributed by atoms with E-state index in [0.29, 0.717) is 22.4 Å². The third kappa shape index (κ3) is 2.30. The summed E-state index contributed by atoms with van der Waals surface area (Å²) in [5.74, 6) is -0.718. The zero-order valence-electron chi connectivity index (χ0n) is 8.42. The molecule has 1 saturated heterocycles. The van der Waals surface area contributed by atoms with Gasteiger partial charge in [0, 0.05) is 22.4 Å². The third-order valence-corrected chi connectivity index (χ3v) is 4.00. The fourth-order valence-corrected chi connectivity index (χ4v) is 2.83. The van der Waals surface area contributed by atoms with Crippen molar-refractivity contribution in [2.45, 2.75) is 11.2 Å². The van der Waals surface area contributed by atoms with Crippen LogP contribution in [-0.2, 0) is 0 Å². The van der Waals surface area contributed by atoms with Crippen LogP contribution in [0.4, 0.5) is 4.39 Å². The molecule has 5 heteroatoms. The molecule has 1 amide bonds. The van der Waals surface area contributed by atoms with Gasteiger partial charge in [-0.3, -0.25) is 4.79 Å². The van der Waals surface area contributed by atoms with Crippen LogP contribution in [0.25, 0.3) is 0 Å². The number of hydrogen-bond donors (Lipinski definition) is 0. The zero-order valence-corrected chi connectivity index (χ0v) is 11.6. The molecule has 0 N–H and O–H groups in total. The number of benzene rings is 1. The lowest BCUT2D eigenvalue weighted by molar-refractivity contribution is 0.0788. The standard InChI is InChI=1S/C11H10Br2FNO/c12-7-4-5-15(6-7)11(16)10-8(13)2-1-3-9(10)14/h1-3,7H,4-6H2. The summed E-state index contributed by atoms with van der Waals surface area (Å²) in [6.07, 6.45) is 0.914. The average Bonchev–Trinajstić information content (AvgIpc) is 2.64. The van der Waals surface area contributed by atoms with Gasteiger partial charge in [0.1, 0.15) is 5.82 Å². The maximum Gasteiger partial charge on any atom is 0.258 e. The number of hydrogen-bond acceptors (Lipinski definition) is 1. The normalized spacial score (nSPS) is 20.2. The maximum absolute atomic E-state index is 13.6. The first-order valence-electron chi connectivity index (χ1n) is 4.97. The van der Waals surface area contributed by atoms with Crippen molar-refractivity contribution in [2.75, 3.05) is 13.1 Å². The van der Waals surface area contributed by atoms with Gasteiger partial charge < -0.3 is 4.90 Å². The van der Waals surface area contributed by atoms with E-state index < -0.39 is 5.82 Å². The summed E-state index contributed by atoms with van der Waals surface area (Å²) in [5.41, 5.74) is 0.129. The Morgan fingerprint density at radius 3 is 2.81 bits per heavy atom. The van der Waals surface area contributed by atoms with Gasteiger partial charge in [0.2, 0.25) is 0 Å². The average molecular weight is 351 g/mol. The van der Waals surface area contributed by atoms with Crippen molar-refractivity contribution in [3.63, 3.8) is 0 Å². The van der Waals surface area contributed by atoms with Crippen molar-refractivity contribution in [1.29, 1.82) is 0 Å². The van der Waals surface area contributed by atoms with E-state index in [-0.39, 0.29) is 11.5 Å². The minimum Gasteiger partial charge on any atom is -0.337 e. The zero-order chi connectivity index (χ0) is 11.7. The van der Waals surface area contributed by atoms with Gasteiger partial charge >= 0.3 is 0 Å².